The topological polar surface area (TPSA) is 83.2 Å². The van der Waals surface area contributed by atoms with Crippen molar-refractivity contribution in [3.63, 3.8) is 0 Å². The minimum absolute atomic E-state index is 0.109. The van der Waals surface area contributed by atoms with Crippen molar-refractivity contribution in [2.24, 2.45) is 5.92 Å². The zero-order valence-corrected chi connectivity index (χ0v) is 18.4. The van der Waals surface area contributed by atoms with Crippen LogP contribution in [0.15, 0.2) is 58.1 Å². The molecule has 0 saturated heterocycles. The molecule has 0 radical (unpaired) electrons. The highest BCUT2D eigenvalue weighted by Crippen LogP contribution is 2.14. The summed E-state index contributed by atoms with van der Waals surface area (Å²) in [4.78, 5) is 42.0. The fourth-order valence-corrected chi connectivity index (χ4v) is 3.45. The Kier molecular flexibility index (Phi) is 7.07. The maximum absolute atomic E-state index is 13.3. The molecular weight excluding hydrogens is 418 g/mol. The van der Waals surface area contributed by atoms with E-state index >= 15 is 0 Å². The molecule has 7 nitrogen and oxygen atoms in total. The Labute approximate surface area is 184 Å². The number of halogens is 1. The molecule has 3 aromatic rings. The first-order valence-corrected chi connectivity index (χ1v) is 10.2. The molecule has 2 aromatic carbocycles. The van der Waals surface area contributed by atoms with Gasteiger partial charge in [0, 0.05) is 18.0 Å². The standard InChI is InChI=1S/C23H24ClN3O4/c1-15-6-4-5-7-18(15)12-20-25-22(29)27(13-16(2)21(28)31-3)23(30)26(20)14-17-8-10-19(24)11-9-17/h4-11,16H,12-14H2,1-3H3/t16-/m0/s1. The molecule has 0 aliphatic rings. The number of rotatable bonds is 7. The molecule has 1 heterocycles. The summed E-state index contributed by atoms with van der Waals surface area (Å²) in [6.45, 7) is 3.68. The Bertz CT molecular complexity index is 1200. The highest BCUT2D eigenvalue weighted by molar-refractivity contribution is 6.30. The molecule has 8 heteroatoms. The molecule has 0 saturated carbocycles. The maximum Gasteiger partial charge on any atom is 0.353 e. The summed E-state index contributed by atoms with van der Waals surface area (Å²) in [5, 5.41) is 0.589. The number of aromatic nitrogens is 3. The second kappa shape index (κ2) is 9.75. The molecule has 0 fully saturated rings. The summed E-state index contributed by atoms with van der Waals surface area (Å²) in [7, 11) is 1.27. The van der Waals surface area contributed by atoms with E-state index in [9.17, 15) is 14.4 Å². The van der Waals surface area contributed by atoms with Crippen LogP contribution in [0.3, 0.4) is 0 Å². The smallest absolute Gasteiger partial charge is 0.353 e. The van der Waals surface area contributed by atoms with Gasteiger partial charge in [0.15, 0.2) is 0 Å². The van der Waals surface area contributed by atoms with Gasteiger partial charge in [-0.1, -0.05) is 54.9 Å². The average Bonchev–Trinajstić information content (AvgIpc) is 2.76. The number of nitrogens with zero attached hydrogens (tertiary/aromatic N) is 3. The molecule has 1 aromatic heterocycles. The van der Waals surface area contributed by atoms with Crippen LogP contribution in [0, 0.1) is 12.8 Å². The summed E-state index contributed by atoms with van der Waals surface area (Å²) < 4.78 is 7.18. The number of hydrogen-bond donors (Lipinski definition) is 0. The lowest BCUT2D eigenvalue weighted by Gasteiger charge is -2.17. The molecular formula is C23H24ClN3O4. The van der Waals surface area contributed by atoms with E-state index in [2.05, 4.69) is 4.98 Å². The van der Waals surface area contributed by atoms with Crippen LogP contribution in [0.25, 0.3) is 0 Å². The van der Waals surface area contributed by atoms with Crippen LogP contribution in [-0.2, 0) is 29.0 Å². The summed E-state index contributed by atoms with van der Waals surface area (Å²) in [6.07, 6.45) is 0.331. The molecule has 162 valence electrons. The molecule has 0 N–H and O–H groups in total. The fourth-order valence-electron chi connectivity index (χ4n) is 3.32. The van der Waals surface area contributed by atoms with Crippen molar-refractivity contribution in [1.82, 2.24) is 14.1 Å². The van der Waals surface area contributed by atoms with Crippen molar-refractivity contribution in [2.75, 3.05) is 7.11 Å². The van der Waals surface area contributed by atoms with E-state index in [0.29, 0.717) is 17.3 Å². The van der Waals surface area contributed by atoms with Crippen molar-refractivity contribution in [3.8, 4) is 0 Å². The molecule has 0 spiro atoms. The Morgan fingerprint density at radius 2 is 1.77 bits per heavy atom. The van der Waals surface area contributed by atoms with Gasteiger partial charge in [-0.05, 0) is 35.7 Å². The van der Waals surface area contributed by atoms with E-state index in [1.807, 2.05) is 43.3 Å². The lowest BCUT2D eigenvalue weighted by atomic mass is 10.1. The second-order valence-electron chi connectivity index (χ2n) is 7.44. The van der Waals surface area contributed by atoms with E-state index in [1.54, 1.807) is 19.1 Å². The predicted octanol–water partition coefficient (Wildman–Crippen LogP) is 2.82. The van der Waals surface area contributed by atoms with Crippen LogP contribution in [0.1, 0.15) is 29.4 Å². The molecule has 1 atom stereocenters. The average molecular weight is 442 g/mol. The van der Waals surface area contributed by atoms with Crippen LogP contribution < -0.4 is 11.4 Å². The van der Waals surface area contributed by atoms with Crippen molar-refractivity contribution in [2.45, 2.75) is 33.4 Å². The summed E-state index contributed by atoms with van der Waals surface area (Å²) >= 11 is 5.98. The Hall–Kier alpha value is -3.19. The number of benzene rings is 2. The van der Waals surface area contributed by atoms with E-state index < -0.39 is 23.3 Å². The van der Waals surface area contributed by atoms with Crippen LogP contribution in [0.5, 0.6) is 0 Å². The number of methoxy groups -OCH3 is 1. The molecule has 3 rings (SSSR count). The van der Waals surface area contributed by atoms with Crippen molar-refractivity contribution < 1.29 is 9.53 Å². The SMILES string of the molecule is COC(=O)[C@@H](C)Cn1c(=O)nc(Cc2ccccc2C)n(Cc2ccc(Cl)cc2)c1=O. The van der Waals surface area contributed by atoms with Crippen molar-refractivity contribution >= 4 is 17.6 Å². The summed E-state index contributed by atoms with van der Waals surface area (Å²) in [5.41, 5.74) is 1.65. The van der Waals surface area contributed by atoms with Gasteiger partial charge in [-0.25, -0.2) is 14.2 Å². The zero-order valence-electron chi connectivity index (χ0n) is 17.7. The first-order valence-electron chi connectivity index (χ1n) is 9.87. The molecule has 0 unspecified atom stereocenters. The third-order valence-electron chi connectivity index (χ3n) is 5.15. The third-order valence-corrected chi connectivity index (χ3v) is 5.40. The van der Waals surface area contributed by atoms with Gasteiger partial charge in [-0.15, -0.1) is 0 Å². The number of carbonyl (C=O) groups is 1. The molecule has 0 aliphatic heterocycles. The number of ether oxygens (including phenoxy) is 1. The molecule has 0 amide bonds. The maximum atomic E-state index is 13.3. The van der Waals surface area contributed by atoms with Crippen molar-refractivity contribution in [3.05, 3.63) is 97.0 Å². The summed E-state index contributed by atoms with van der Waals surface area (Å²) in [5.74, 6) is -0.802. The largest absolute Gasteiger partial charge is 0.469 e. The van der Waals surface area contributed by atoms with Gasteiger partial charge >= 0.3 is 17.3 Å². The highest BCUT2D eigenvalue weighted by atomic mass is 35.5. The second-order valence-corrected chi connectivity index (χ2v) is 7.88. The quantitative estimate of drug-likeness (QED) is 0.526. The minimum Gasteiger partial charge on any atom is -0.469 e. The number of hydrogen-bond acceptors (Lipinski definition) is 5. The first-order chi connectivity index (χ1) is 14.8. The van der Waals surface area contributed by atoms with E-state index in [0.717, 1.165) is 21.3 Å². The predicted molar refractivity (Wildman–Crippen MR) is 118 cm³/mol. The fraction of sp³-hybridized carbons (Fsp3) is 0.304. The number of aryl methyl sites for hydroxylation is 1. The Morgan fingerprint density at radius 1 is 1.10 bits per heavy atom. The van der Waals surface area contributed by atoms with Gasteiger partial charge in [0.05, 0.1) is 19.6 Å². The Morgan fingerprint density at radius 3 is 2.42 bits per heavy atom. The van der Waals surface area contributed by atoms with Crippen LogP contribution in [-0.4, -0.2) is 27.2 Å². The van der Waals surface area contributed by atoms with Gasteiger partial charge in [-0.3, -0.25) is 9.36 Å². The van der Waals surface area contributed by atoms with Crippen LogP contribution >= 0.6 is 11.6 Å². The zero-order chi connectivity index (χ0) is 22.5. The highest BCUT2D eigenvalue weighted by Gasteiger charge is 2.20. The van der Waals surface area contributed by atoms with Crippen LogP contribution in [0.2, 0.25) is 5.02 Å². The van der Waals surface area contributed by atoms with Crippen LogP contribution in [0.4, 0.5) is 0 Å². The molecule has 0 bridgehead atoms. The monoisotopic (exact) mass is 441 g/mol. The normalized spacial score (nSPS) is 11.9. The van der Waals surface area contributed by atoms with Gasteiger partial charge < -0.3 is 4.74 Å². The van der Waals surface area contributed by atoms with E-state index in [-0.39, 0.29) is 13.1 Å². The minimum atomic E-state index is -0.684. The van der Waals surface area contributed by atoms with E-state index in [1.165, 1.54) is 11.7 Å². The molecule has 0 aliphatic carbocycles. The first kappa shape index (κ1) is 22.5. The van der Waals surface area contributed by atoms with Gasteiger partial charge in [-0.2, -0.15) is 4.98 Å². The van der Waals surface area contributed by atoms with Gasteiger partial charge in [0.2, 0.25) is 0 Å². The molecule has 31 heavy (non-hydrogen) atoms. The third kappa shape index (κ3) is 5.30. The number of carbonyl (C=O) groups excluding carboxylic acids is 1. The summed E-state index contributed by atoms with van der Waals surface area (Å²) in [6, 6.07) is 14.9. The van der Waals surface area contributed by atoms with E-state index in [4.69, 9.17) is 16.3 Å². The lowest BCUT2D eigenvalue weighted by molar-refractivity contribution is -0.145. The Balaban J connectivity index is 2.09. The van der Waals surface area contributed by atoms with Crippen molar-refractivity contribution in [1.29, 1.82) is 0 Å². The van der Waals surface area contributed by atoms with Gasteiger partial charge in [0.25, 0.3) is 0 Å². The van der Waals surface area contributed by atoms with Gasteiger partial charge in [0.1, 0.15) is 5.82 Å². The lowest BCUT2D eigenvalue weighted by Crippen LogP contribution is -2.45. The number of esters is 1.